The molecule has 1 aliphatic rings. The second-order valence-electron chi connectivity index (χ2n) is 18.4. The average Bonchev–Trinajstić information content (AvgIpc) is 3.77. The van der Waals surface area contributed by atoms with E-state index in [0.717, 1.165) is 44.7 Å². The van der Waals surface area contributed by atoms with Crippen LogP contribution in [0.4, 0.5) is 17.1 Å². The fourth-order valence-corrected chi connectivity index (χ4v) is 10.7. The fourth-order valence-electron chi connectivity index (χ4n) is 10.7. The SMILES string of the molecule is CC1(C)c2ccccc2N(c2ccccc2)c2cc(-c3cccc4c3c3c5ccccc5ccc3n4-c3cccc(-c4nc(-c5ccccc5)nc(-c5ccc(-c6ccccc6)cc5)n4)c3)ccc21. The van der Waals surface area contributed by atoms with E-state index in [4.69, 9.17) is 15.0 Å². The molecule has 0 amide bonds. The molecule has 1 aliphatic heterocycles. The molecule has 13 rings (SSSR count). The van der Waals surface area contributed by atoms with Crippen LogP contribution in [0.5, 0.6) is 0 Å². The third-order valence-electron chi connectivity index (χ3n) is 14.0. The molecule has 0 fully saturated rings. The highest BCUT2D eigenvalue weighted by atomic mass is 15.2. The Kier molecular flexibility index (Phi) is 9.44. The molecule has 2 aromatic heterocycles. The zero-order valence-electron chi connectivity index (χ0n) is 38.3. The van der Waals surface area contributed by atoms with Gasteiger partial charge in [0.05, 0.1) is 22.4 Å². The van der Waals surface area contributed by atoms with Gasteiger partial charge >= 0.3 is 0 Å². The van der Waals surface area contributed by atoms with Crippen LogP contribution < -0.4 is 4.90 Å². The average molecular weight is 884 g/mol. The molecule has 326 valence electrons. The fraction of sp³-hybridized carbons (Fsp3) is 0.0469. The van der Waals surface area contributed by atoms with Crippen molar-refractivity contribution >= 4 is 49.6 Å². The monoisotopic (exact) mass is 883 g/mol. The van der Waals surface area contributed by atoms with Crippen LogP contribution in [0.2, 0.25) is 0 Å². The second-order valence-corrected chi connectivity index (χ2v) is 18.4. The van der Waals surface area contributed by atoms with Gasteiger partial charge in [-0.05, 0) is 92.7 Å². The Balaban J connectivity index is 0.995. The lowest BCUT2D eigenvalue weighted by atomic mass is 9.73. The van der Waals surface area contributed by atoms with E-state index in [-0.39, 0.29) is 5.41 Å². The van der Waals surface area contributed by atoms with E-state index < -0.39 is 0 Å². The van der Waals surface area contributed by atoms with Gasteiger partial charge < -0.3 is 9.47 Å². The molecule has 0 saturated carbocycles. The van der Waals surface area contributed by atoms with Gasteiger partial charge in [-0.1, -0.05) is 202 Å². The van der Waals surface area contributed by atoms with Crippen molar-refractivity contribution in [2.75, 3.05) is 4.90 Å². The minimum atomic E-state index is -0.201. The van der Waals surface area contributed by atoms with Gasteiger partial charge in [0.15, 0.2) is 17.5 Å². The highest BCUT2D eigenvalue weighted by molar-refractivity contribution is 6.25. The molecule has 5 heteroatoms. The molecular weight excluding hydrogens is 839 g/mol. The summed E-state index contributed by atoms with van der Waals surface area (Å²) < 4.78 is 2.42. The van der Waals surface area contributed by atoms with Gasteiger partial charge in [-0.3, -0.25) is 0 Å². The molecule has 12 aromatic rings. The summed E-state index contributed by atoms with van der Waals surface area (Å²) in [6.45, 7) is 4.70. The molecule has 10 aromatic carbocycles. The number of hydrogen-bond acceptors (Lipinski definition) is 4. The number of hydrogen-bond donors (Lipinski definition) is 0. The van der Waals surface area contributed by atoms with Crippen molar-refractivity contribution in [2.45, 2.75) is 19.3 Å². The summed E-state index contributed by atoms with van der Waals surface area (Å²) in [4.78, 5) is 17.9. The van der Waals surface area contributed by atoms with Crippen molar-refractivity contribution < 1.29 is 0 Å². The van der Waals surface area contributed by atoms with Crippen LogP contribution in [-0.4, -0.2) is 19.5 Å². The van der Waals surface area contributed by atoms with E-state index in [0.29, 0.717) is 17.5 Å². The summed E-state index contributed by atoms with van der Waals surface area (Å²) in [5.74, 6) is 1.87. The lowest BCUT2D eigenvalue weighted by Crippen LogP contribution is -2.30. The third-order valence-corrected chi connectivity index (χ3v) is 14.0. The predicted molar refractivity (Wildman–Crippen MR) is 286 cm³/mol. The number of benzene rings is 10. The number of rotatable bonds is 7. The quantitative estimate of drug-likeness (QED) is 0.160. The van der Waals surface area contributed by atoms with E-state index in [2.05, 4.69) is 236 Å². The number of anilines is 3. The molecule has 0 atom stereocenters. The van der Waals surface area contributed by atoms with Gasteiger partial charge in [-0.15, -0.1) is 0 Å². The normalized spacial score (nSPS) is 12.9. The summed E-state index contributed by atoms with van der Waals surface area (Å²) in [6.07, 6.45) is 0. The van der Waals surface area contributed by atoms with Crippen molar-refractivity contribution in [1.82, 2.24) is 19.5 Å². The van der Waals surface area contributed by atoms with Gasteiger partial charge in [-0.25, -0.2) is 15.0 Å². The number of para-hydroxylation sites is 2. The Bertz CT molecular complexity index is 3910. The third kappa shape index (κ3) is 6.73. The molecule has 69 heavy (non-hydrogen) atoms. The van der Waals surface area contributed by atoms with E-state index in [1.807, 2.05) is 24.3 Å². The molecule has 0 aliphatic carbocycles. The number of fused-ring (bicyclic) bond motifs is 7. The first-order chi connectivity index (χ1) is 34.0. The van der Waals surface area contributed by atoms with Crippen LogP contribution in [-0.2, 0) is 5.41 Å². The standard InChI is InChI=1S/C64H45N5/c1-64(2)53-29-14-15-30-55(53)68(49-24-10-5-11-25-49)58-41-47(36-38-54(58)64)52-28-17-31-56-60(52)59-51-27-13-12-20-44(51)37-39-57(59)69(56)50-26-16-23-48(40-50)63-66-61(45-21-8-4-9-22-45)65-62(67-63)46-34-32-43(33-35-46)42-18-6-3-7-19-42/h3-41H,1-2H3. The van der Waals surface area contributed by atoms with Crippen LogP contribution >= 0.6 is 0 Å². The van der Waals surface area contributed by atoms with E-state index in [1.165, 1.54) is 60.7 Å². The van der Waals surface area contributed by atoms with E-state index >= 15 is 0 Å². The smallest absolute Gasteiger partial charge is 0.164 e. The Morgan fingerprint density at radius 1 is 0.348 bits per heavy atom. The summed E-state index contributed by atoms with van der Waals surface area (Å²) in [6, 6.07) is 84.6. The minimum Gasteiger partial charge on any atom is -0.310 e. The summed E-state index contributed by atoms with van der Waals surface area (Å²) in [7, 11) is 0. The maximum Gasteiger partial charge on any atom is 0.164 e. The molecule has 0 spiro atoms. The van der Waals surface area contributed by atoms with Gasteiger partial charge in [0.1, 0.15) is 0 Å². The highest BCUT2D eigenvalue weighted by Crippen LogP contribution is 2.53. The van der Waals surface area contributed by atoms with Gasteiger partial charge in [0.25, 0.3) is 0 Å². The van der Waals surface area contributed by atoms with Crippen molar-refractivity contribution in [3.05, 3.63) is 248 Å². The first-order valence-electron chi connectivity index (χ1n) is 23.6. The maximum absolute atomic E-state index is 5.20. The molecule has 0 radical (unpaired) electrons. The summed E-state index contributed by atoms with van der Waals surface area (Å²) >= 11 is 0. The molecular formula is C64H45N5. The van der Waals surface area contributed by atoms with Crippen LogP contribution in [0.1, 0.15) is 25.0 Å². The highest BCUT2D eigenvalue weighted by Gasteiger charge is 2.37. The van der Waals surface area contributed by atoms with Crippen molar-refractivity contribution in [1.29, 1.82) is 0 Å². The van der Waals surface area contributed by atoms with E-state index in [9.17, 15) is 0 Å². The topological polar surface area (TPSA) is 46.8 Å². The molecule has 0 saturated heterocycles. The van der Waals surface area contributed by atoms with Crippen molar-refractivity contribution in [3.63, 3.8) is 0 Å². The van der Waals surface area contributed by atoms with Gasteiger partial charge in [0.2, 0.25) is 0 Å². The molecule has 0 bridgehead atoms. The zero-order valence-corrected chi connectivity index (χ0v) is 38.3. The summed E-state index contributed by atoms with van der Waals surface area (Å²) in [5.41, 5.74) is 16.7. The lowest BCUT2D eigenvalue weighted by Gasteiger charge is -2.42. The van der Waals surface area contributed by atoms with Crippen LogP contribution in [0.15, 0.2) is 237 Å². The van der Waals surface area contributed by atoms with Gasteiger partial charge in [-0.2, -0.15) is 0 Å². The Labute approximate surface area is 401 Å². The predicted octanol–water partition coefficient (Wildman–Crippen LogP) is 16.6. The molecule has 5 nitrogen and oxygen atoms in total. The zero-order chi connectivity index (χ0) is 46.1. The van der Waals surface area contributed by atoms with Crippen molar-refractivity contribution in [3.8, 4) is 62.1 Å². The van der Waals surface area contributed by atoms with Crippen molar-refractivity contribution in [2.24, 2.45) is 0 Å². The van der Waals surface area contributed by atoms with Crippen LogP contribution in [0.3, 0.4) is 0 Å². The maximum atomic E-state index is 5.20. The molecule has 0 unspecified atom stereocenters. The Morgan fingerprint density at radius 3 is 1.65 bits per heavy atom. The largest absolute Gasteiger partial charge is 0.310 e. The van der Waals surface area contributed by atoms with E-state index in [1.54, 1.807) is 0 Å². The number of nitrogens with zero attached hydrogens (tertiary/aromatic N) is 5. The Hall–Kier alpha value is -8.93. The van der Waals surface area contributed by atoms with Gasteiger partial charge in [0, 0.05) is 44.3 Å². The molecule has 3 heterocycles. The van der Waals surface area contributed by atoms with Crippen LogP contribution in [0, 0.1) is 0 Å². The molecule has 0 N–H and O–H groups in total. The lowest BCUT2D eigenvalue weighted by molar-refractivity contribution is 0.632. The number of aromatic nitrogens is 4. The minimum absolute atomic E-state index is 0.201. The second kappa shape index (κ2) is 16.1. The van der Waals surface area contributed by atoms with Crippen LogP contribution in [0.25, 0.3) is 94.7 Å². The summed E-state index contributed by atoms with van der Waals surface area (Å²) in [5, 5.41) is 4.85. The Morgan fingerprint density at radius 2 is 0.884 bits per heavy atom. The first-order valence-corrected chi connectivity index (χ1v) is 23.6. The first kappa shape index (κ1) is 40.4.